The van der Waals surface area contributed by atoms with E-state index in [0.29, 0.717) is 5.41 Å². The smallest absolute Gasteiger partial charge is 0.0519 e. The Labute approximate surface area is 69.3 Å². The van der Waals surface area contributed by atoms with Crippen molar-refractivity contribution in [3.05, 3.63) is 0 Å². The Hall–Kier alpha value is -0.0800. The first-order valence-corrected chi connectivity index (χ1v) is 4.53. The first-order valence-electron chi connectivity index (χ1n) is 4.53. The third-order valence-electron chi connectivity index (χ3n) is 2.86. The van der Waals surface area contributed by atoms with Gasteiger partial charge in [-0.3, -0.25) is 0 Å². The molecular weight excluding hydrogens is 138 g/mol. The van der Waals surface area contributed by atoms with Crippen molar-refractivity contribution >= 4 is 0 Å². The Bertz CT molecular complexity index is 103. The van der Waals surface area contributed by atoms with Gasteiger partial charge in [-0.2, -0.15) is 0 Å². The van der Waals surface area contributed by atoms with Crippen molar-refractivity contribution in [2.75, 3.05) is 26.8 Å². The first kappa shape index (κ1) is 9.01. The Kier molecular flexibility index (Phi) is 3.34. The van der Waals surface area contributed by atoms with Gasteiger partial charge in [0, 0.05) is 7.11 Å². The summed E-state index contributed by atoms with van der Waals surface area (Å²) in [6, 6.07) is 0. The van der Waals surface area contributed by atoms with E-state index in [1.165, 1.54) is 19.3 Å². The third-order valence-corrected chi connectivity index (χ3v) is 2.86. The van der Waals surface area contributed by atoms with E-state index in [1.54, 1.807) is 7.11 Å². The average Bonchev–Trinajstić information content (AvgIpc) is 2.07. The van der Waals surface area contributed by atoms with Crippen LogP contribution in [-0.4, -0.2) is 26.8 Å². The molecule has 0 radical (unpaired) electrons. The van der Waals surface area contributed by atoms with Crippen molar-refractivity contribution in [1.29, 1.82) is 0 Å². The lowest BCUT2D eigenvalue weighted by atomic mass is 9.77. The molecule has 2 nitrogen and oxygen atoms in total. The predicted molar refractivity (Wildman–Crippen MR) is 46.7 cm³/mol. The zero-order valence-corrected chi connectivity index (χ0v) is 7.65. The quantitative estimate of drug-likeness (QED) is 0.669. The molecule has 0 aliphatic carbocycles. The van der Waals surface area contributed by atoms with E-state index in [0.717, 1.165) is 19.7 Å². The van der Waals surface area contributed by atoms with E-state index in [9.17, 15) is 0 Å². The van der Waals surface area contributed by atoms with Crippen LogP contribution in [0.3, 0.4) is 0 Å². The minimum atomic E-state index is 0.486. The molecule has 0 saturated carbocycles. The molecule has 0 spiro atoms. The maximum absolute atomic E-state index is 5.25. The lowest BCUT2D eigenvalue weighted by Gasteiger charge is -2.36. The monoisotopic (exact) mass is 157 g/mol. The molecule has 0 aromatic carbocycles. The summed E-state index contributed by atoms with van der Waals surface area (Å²) in [7, 11) is 1.81. The number of methoxy groups -OCH3 is 1. The fraction of sp³-hybridized carbons (Fsp3) is 1.00. The molecule has 0 aromatic rings. The van der Waals surface area contributed by atoms with Gasteiger partial charge >= 0.3 is 0 Å². The molecule has 1 aliphatic rings. The highest BCUT2D eigenvalue weighted by molar-refractivity contribution is 4.82. The Morgan fingerprint density at radius 1 is 1.36 bits per heavy atom. The number of rotatable bonds is 3. The molecule has 0 atom stereocenters. The molecule has 11 heavy (non-hydrogen) atoms. The molecule has 1 N–H and O–H groups in total. The Morgan fingerprint density at radius 2 is 2.00 bits per heavy atom. The van der Waals surface area contributed by atoms with Crippen LogP contribution in [0.5, 0.6) is 0 Å². The van der Waals surface area contributed by atoms with Gasteiger partial charge in [-0.15, -0.1) is 0 Å². The van der Waals surface area contributed by atoms with Crippen LogP contribution in [-0.2, 0) is 4.74 Å². The number of piperidine rings is 1. The van der Waals surface area contributed by atoms with Gasteiger partial charge in [0.1, 0.15) is 0 Å². The van der Waals surface area contributed by atoms with Crippen molar-refractivity contribution in [2.24, 2.45) is 5.41 Å². The van der Waals surface area contributed by atoms with Crippen LogP contribution in [0.25, 0.3) is 0 Å². The van der Waals surface area contributed by atoms with Crippen LogP contribution < -0.4 is 5.32 Å². The van der Waals surface area contributed by atoms with Crippen LogP contribution >= 0.6 is 0 Å². The summed E-state index contributed by atoms with van der Waals surface area (Å²) in [5, 5.41) is 3.38. The van der Waals surface area contributed by atoms with E-state index in [4.69, 9.17) is 4.74 Å². The van der Waals surface area contributed by atoms with Crippen LogP contribution in [0, 0.1) is 5.41 Å². The minimum absolute atomic E-state index is 0.486. The molecule has 1 saturated heterocycles. The summed E-state index contributed by atoms with van der Waals surface area (Å²) in [6.45, 7) is 5.53. The van der Waals surface area contributed by atoms with E-state index >= 15 is 0 Å². The van der Waals surface area contributed by atoms with Crippen molar-refractivity contribution < 1.29 is 4.74 Å². The van der Waals surface area contributed by atoms with E-state index in [2.05, 4.69) is 12.2 Å². The molecule has 2 heteroatoms. The molecule has 1 rings (SSSR count). The van der Waals surface area contributed by atoms with Gasteiger partial charge in [-0.1, -0.05) is 6.92 Å². The second-order valence-corrected chi connectivity index (χ2v) is 3.54. The molecule has 1 aliphatic heterocycles. The second kappa shape index (κ2) is 4.07. The summed E-state index contributed by atoms with van der Waals surface area (Å²) in [4.78, 5) is 0. The molecule has 1 fully saturated rings. The molecular formula is C9H19NO. The highest BCUT2D eigenvalue weighted by Gasteiger charge is 2.29. The van der Waals surface area contributed by atoms with Crippen molar-refractivity contribution in [3.63, 3.8) is 0 Å². The van der Waals surface area contributed by atoms with Gasteiger partial charge in [0.2, 0.25) is 0 Å². The summed E-state index contributed by atoms with van der Waals surface area (Å²) >= 11 is 0. The largest absolute Gasteiger partial charge is 0.384 e. The molecule has 0 bridgehead atoms. The highest BCUT2D eigenvalue weighted by Crippen LogP contribution is 2.32. The normalized spacial score (nSPS) is 23.5. The molecule has 1 heterocycles. The number of hydrogen-bond acceptors (Lipinski definition) is 2. The number of hydrogen-bond donors (Lipinski definition) is 1. The Morgan fingerprint density at radius 3 is 2.45 bits per heavy atom. The van der Waals surface area contributed by atoms with Gasteiger partial charge in [-0.25, -0.2) is 0 Å². The zero-order chi connectivity index (χ0) is 8.16. The van der Waals surface area contributed by atoms with E-state index in [1.807, 2.05) is 0 Å². The standard InChI is InChI=1S/C9H19NO/c1-3-9(8-11-2)4-6-10-7-5-9/h10H,3-8H2,1-2H3. The minimum Gasteiger partial charge on any atom is -0.384 e. The summed E-state index contributed by atoms with van der Waals surface area (Å²) in [6.07, 6.45) is 3.80. The van der Waals surface area contributed by atoms with Crippen LogP contribution in [0.4, 0.5) is 0 Å². The van der Waals surface area contributed by atoms with Crippen molar-refractivity contribution in [1.82, 2.24) is 5.32 Å². The number of ether oxygens (including phenoxy) is 1. The van der Waals surface area contributed by atoms with Crippen molar-refractivity contribution in [3.8, 4) is 0 Å². The van der Waals surface area contributed by atoms with Crippen LogP contribution in [0.1, 0.15) is 26.2 Å². The second-order valence-electron chi connectivity index (χ2n) is 3.54. The first-order chi connectivity index (χ1) is 5.33. The number of nitrogens with one attached hydrogen (secondary N) is 1. The zero-order valence-electron chi connectivity index (χ0n) is 7.65. The average molecular weight is 157 g/mol. The molecule has 66 valence electrons. The van der Waals surface area contributed by atoms with E-state index in [-0.39, 0.29) is 0 Å². The summed E-state index contributed by atoms with van der Waals surface area (Å²) in [5.74, 6) is 0. The summed E-state index contributed by atoms with van der Waals surface area (Å²) < 4.78 is 5.25. The fourth-order valence-electron chi connectivity index (χ4n) is 1.86. The van der Waals surface area contributed by atoms with Gasteiger partial charge in [0.15, 0.2) is 0 Å². The SMILES string of the molecule is CCC1(COC)CCNCC1. The van der Waals surface area contributed by atoms with Gasteiger partial charge in [-0.05, 0) is 37.8 Å². The maximum atomic E-state index is 5.25. The maximum Gasteiger partial charge on any atom is 0.0519 e. The van der Waals surface area contributed by atoms with Crippen molar-refractivity contribution in [2.45, 2.75) is 26.2 Å². The molecule has 0 aromatic heterocycles. The predicted octanol–water partition coefficient (Wildman–Crippen LogP) is 1.41. The lowest BCUT2D eigenvalue weighted by molar-refractivity contribution is 0.0509. The molecule has 0 unspecified atom stereocenters. The van der Waals surface area contributed by atoms with Crippen LogP contribution in [0.2, 0.25) is 0 Å². The molecule has 0 amide bonds. The van der Waals surface area contributed by atoms with Gasteiger partial charge < -0.3 is 10.1 Å². The van der Waals surface area contributed by atoms with Crippen LogP contribution in [0.15, 0.2) is 0 Å². The fourth-order valence-corrected chi connectivity index (χ4v) is 1.86. The third kappa shape index (κ3) is 2.17. The lowest BCUT2D eigenvalue weighted by Crippen LogP contribution is -2.39. The summed E-state index contributed by atoms with van der Waals surface area (Å²) in [5.41, 5.74) is 0.486. The van der Waals surface area contributed by atoms with E-state index < -0.39 is 0 Å². The Balaban J connectivity index is 2.42. The van der Waals surface area contributed by atoms with Gasteiger partial charge in [0.05, 0.1) is 6.61 Å². The topological polar surface area (TPSA) is 21.3 Å². The highest BCUT2D eigenvalue weighted by atomic mass is 16.5. The van der Waals surface area contributed by atoms with Gasteiger partial charge in [0.25, 0.3) is 0 Å².